The molecule has 0 amide bonds. The van der Waals surface area contributed by atoms with Crippen molar-refractivity contribution in [3.05, 3.63) is 26.4 Å². The Labute approximate surface area is 134 Å². The van der Waals surface area contributed by atoms with Gasteiger partial charge in [-0.3, -0.25) is 24.2 Å². The third-order valence-electron chi connectivity index (χ3n) is 2.95. The summed E-state index contributed by atoms with van der Waals surface area (Å²) in [5, 5.41) is 0. The lowest BCUT2D eigenvalue weighted by molar-refractivity contribution is -0.165. The second-order valence-electron chi connectivity index (χ2n) is 4.94. The number of rotatable bonds is 4. The number of nitrogen functional groups attached to an aromatic ring is 1. The van der Waals surface area contributed by atoms with E-state index in [2.05, 4.69) is 19.9 Å². The Morgan fingerprint density at radius 3 is 2.25 bits per heavy atom. The second kappa shape index (κ2) is 6.48. The van der Waals surface area contributed by atoms with Gasteiger partial charge in [-0.25, -0.2) is 4.98 Å². The van der Waals surface area contributed by atoms with Crippen LogP contribution in [0.5, 0.6) is 0 Å². The number of hydrogen-bond donors (Lipinski definition) is 3. The lowest BCUT2D eigenvalue weighted by Crippen LogP contribution is -2.32. The molecule has 2 heterocycles. The first-order valence-electron chi connectivity index (χ1n) is 6.83. The minimum absolute atomic E-state index is 0.119. The summed E-state index contributed by atoms with van der Waals surface area (Å²) in [6.45, 7) is 3.71. The number of aromatic nitrogens is 4. The fraction of sp³-hybridized carbons (Fsp3) is 0.385. The number of carbonyl (C=O) groups excluding carboxylic acids is 2. The average molecular weight is 337 g/mol. The van der Waals surface area contributed by atoms with Crippen molar-refractivity contribution in [1.29, 1.82) is 0 Å². The van der Waals surface area contributed by atoms with Crippen molar-refractivity contribution < 1.29 is 19.1 Å². The van der Waals surface area contributed by atoms with E-state index in [9.17, 15) is 19.2 Å². The molecule has 0 aliphatic heterocycles. The maximum Gasteiger partial charge on any atom is 0.303 e. The Morgan fingerprint density at radius 2 is 1.67 bits per heavy atom. The van der Waals surface area contributed by atoms with Gasteiger partial charge < -0.3 is 20.2 Å². The van der Waals surface area contributed by atoms with Crippen LogP contribution in [0.15, 0.2) is 9.59 Å². The van der Waals surface area contributed by atoms with E-state index in [0.29, 0.717) is 0 Å². The number of nitrogens with zero attached hydrogens (tertiary/aromatic N) is 2. The first-order chi connectivity index (χ1) is 11.2. The molecule has 2 aromatic heterocycles. The van der Waals surface area contributed by atoms with Crippen LogP contribution in [0, 0.1) is 0 Å². The molecule has 0 aliphatic carbocycles. The Hall–Kier alpha value is -3.24. The molecule has 4 N–H and O–H groups in total. The maximum absolute atomic E-state index is 12.2. The summed E-state index contributed by atoms with van der Waals surface area (Å²) in [6, 6.07) is 0. The summed E-state index contributed by atoms with van der Waals surface area (Å²) >= 11 is 0. The molecule has 0 saturated heterocycles. The predicted octanol–water partition coefficient (Wildman–Crippen LogP) is -0.856. The van der Waals surface area contributed by atoms with Gasteiger partial charge in [0.15, 0.2) is 23.0 Å². The molecule has 0 saturated carbocycles. The van der Waals surface area contributed by atoms with Gasteiger partial charge in [0.05, 0.1) is 0 Å². The van der Waals surface area contributed by atoms with Gasteiger partial charge in [0.2, 0.25) is 5.95 Å². The number of esters is 2. The van der Waals surface area contributed by atoms with Crippen molar-refractivity contribution >= 4 is 29.1 Å². The van der Waals surface area contributed by atoms with Crippen LogP contribution in [0.3, 0.4) is 0 Å². The number of nitrogens with two attached hydrogens (primary N) is 1. The molecule has 0 aromatic carbocycles. The molecule has 2 rings (SSSR count). The molecule has 0 bridgehead atoms. The largest absolute Gasteiger partial charge is 0.458 e. The number of carbonyl (C=O) groups is 2. The van der Waals surface area contributed by atoms with E-state index in [1.807, 2.05) is 0 Å². The van der Waals surface area contributed by atoms with Crippen molar-refractivity contribution in [3.8, 4) is 0 Å². The predicted molar refractivity (Wildman–Crippen MR) is 80.9 cm³/mol. The number of hydrogen-bond acceptors (Lipinski definition) is 9. The standard InChI is InChI=1S/C13H15N5O6/c1-4(23-5(2)19)9(24-6(3)20)7-11(21)16-10-8(15-7)12(22)18-13(14)17-10/h4,9H,1-3H3,(H4,14,16,17,18,21,22). The van der Waals surface area contributed by atoms with E-state index in [4.69, 9.17) is 15.2 Å². The van der Waals surface area contributed by atoms with Crippen LogP contribution in [0.25, 0.3) is 11.2 Å². The van der Waals surface area contributed by atoms with Crippen molar-refractivity contribution in [1.82, 2.24) is 19.9 Å². The van der Waals surface area contributed by atoms with Crippen molar-refractivity contribution in [2.24, 2.45) is 0 Å². The topological polar surface area (TPSA) is 170 Å². The van der Waals surface area contributed by atoms with Gasteiger partial charge in [0, 0.05) is 13.8 Å². The van der Waals surface area contributed by atoms with Gasteiger partial charge in [-0.05, 0) is 6.92 Å². The summed E-state index contributed by atoms with van der Waals surface area (Å²) in [5.74, 6) is -1.55. The second-order valence-corrected chi connectivity index (χ2v) is 4.94. The zero-order valence-electron chi connectivity index (χ0n) is 13.1. The van der Waals surface area contributed by atoms with Crippen molar-refractivity contribution in [2.45, 2.75) is 33.0 Å². The highest BCUT2D eigenvalue weighted by atomic mass is 16.6. The van der Waals surface area contributed by atoms with Crippen LogP contribution < -0.4 is 16.9 Å². The van der Waals surface area contributed by atoms with Gasteiger partial charge in [0.1, 0.15) is 6.10 Å². The SMILES string of the molecule is CC(=O)OC(C)C(OC(C)=O)c1nc2c(=O)[nH]c(N)nc2[nH]c1=O. The highest BCUT2D eigenvalue weighted by Crippen LogP contribution is 2.20. The third-order valence-corrected chi connectivity index (χ3v) is 2.95. The lowest BCUT2D eigenvalue weighted by Gasteiger charge is -2.22. The van der Waals surface area contributed by atoms with Crippen molar-refractivity contribution in [2.75, 3.05) is 5.73 Å². The van der Waals surface area contributed by atoms with E-state index in [-0.39, 0.29) is 22.8 Å². The molecule has 0 fully saturated rings. The number of nitrogens with one attached hydrogen (secondary N) is 2. The molecule has 0 spiro atoms. The minimum atomic E-state index is -1.29. The monoisotopic (exact) mass is 337 g/mol. The van der Waals surface area contributed by atoms with Crippen molar-refractivity contribution in [3.63, 3.8) is 0 Å². The number of fused-ring (bicyclic) bond motifs is 1. The molecule has 2 atom stereocenters. The Balaban J connectivity index is 2.62. The number of aromatic amines is 2. The Morgan fingerprint density at radius 1 is 1.04 bits per heavy atom. The molecule has 2 aromatic rings. The van der Waals surface area contributed by atoms with Crippen LogP contribution in [-0.4, -0.2) is 38.0 Å². The van der Waals surface area contributed by atoms with E-state index in [1.54, 1.807) is 0 Å². The molecule has 24 heavy (non-hydrogen) atoms. The van der Waals surface area contributed by atoms with Gasteiger partial charge in [-0.2, -0.15) is 4.98 Å². The van der Waals surface area contributed by atoms with Gasteiger partial charge in [0.25, 0.3) is 11.1 Å². The van der Waals surface area contributed by atoms with Crippen LogP contribution in [0.1, 0.15) is 32.6 Å². The molecule has 128 valence electrons. The highest BCUT2D eigenvalue weighted by Gasteiger charge is 2.30. The molecule has 0 radical (unpaired) electrons. The summed E-state index contributed by atoms with van der Waals surface area (Å²) < 4.78 is 9.99. The van der Waals surface area contributed by atoms with Crippen LogP contribution in [0.2, 0.25) is 0 Å². The summed E-state index contributed by atoms with van der Waals surface area (Å²) in [7, 11) is 0. The van der Waals surface area contributed by atoms with E-state index in [0.717, 1.165) is 13.8 Å². The van der Waals surface area contributed by atoms with Crippen LogP contribution in [-0.2, 0) is 19.1 Å². The quantitative estimate of drug-likeness (QED) is 0.601. The first-order valence-corrected chi connectivity index (χ1v) is 6.83. The summed E-state index contributed by atoms with van der Waals surface area (Å²) in [4.78, 5) is 58.8. The first kappa shape index (κ1) is 17.1. The molecule has 11 heteroatoms. The fourth-order valence-electron chi connectivity index (χ4n) is 2.09. The lowest BCUT2D eigenvalue weighted by atomic mass is 10.1. The Kier molecular flexibility index (Phi) is 4.62. The van der Waals surface area contributed by atoms with E-state index < -0.39 is 35.3 Å². The highest BCUT2D eigenvalue weighted by molar-refractivity contribution is 5.70. The smallest absolute Gasteiger partial charge is 0.303 e. The minimum Gasteiger partial charge on any atom is -0.458 e. The maximum atomic E-state index is 12.2. The number of anilines is 1. The third kappa shape index (κ3) is 3.56. The number of ether oxygens (including phenoxy) is 2. The van der Waals surface area contributed by atoms with Gasteiger partial charge in [-0.15, -0.1) is 0 Å². The molecule has 0 aliphatic rings. The molecular weight excluding hydrogens is 322 g/mol. The Bertz CT molecular complexity index is 917. The summed E-state index contributed by atoms with van der Waals surface area (Å²) in [5.41, 5.74) is 3.33. The summed E-state index contributed by atoms with van der Waals surface area (Å²) in [6.07, 6.45) is -2.30. The average Bonchev–Trinajstić information content (AvgIpc) is 2.43. The normalized spacial score (nSPS) is 13.3. The molecule has 2 unspecified atom stereocenters. The fourth-order valence-corrected chi connectivity index (χ4v) is 2.09. The van der Waals surface area contributed by atoms with E-state index >= 15 is 0 Å². The zero-order chi connectivity index (χ0) is 18.0. The molecular formula is C13H15N5O6. The number of H-pyrrole nitrogens is 2. The van der Waals surface area contributed by atoms with Gasteiger partial charge >= 0.3 is 11.9 Å². The van der Waals surface area contributed by atoms with Crippen LogP contribution in [0.4, 0.5) is 5.95 Å². The zero-order valence-corrected chi connectivity index (χ0v) is 13.1. The van der Waals surface area contributed by atoms with E-state index in [1.165, 1.54) is 6.92 Å². The molecule has 11 nitrogen and oxygen atoms in total. The van der Waals surface area contributed by atoms with Gasteiger partial charge in [-0.1, -0.05) is 0 Å². The van der Waals surface area contributed by atoms with Crippen LogP contribution >= 0.6 is 0 Å².